The Labute approximate surface area is 101 Å². The molecule has 0 saturated carbocycles. The summed E-state index contributed by atoms with van der Waals surface area (Å²) in [5.74, 6) is -0.174. The van der Waals surface area contributed by atoms with Crippen molar-refractivity contribution in [3.63, 3.8) is 0 Å². The number of ether oxygens (including phenoxy) is 1. The van der Waals surface area contributed by atoms with Gasteiger partial charge in [-0.2, -0.15) is 0 Å². The van der Waals surface area contributed by atoms with Gasteiger partial charge in [0.05, 0.1) is 13.2 Å². The number of Topliss-reactive ketones (excluding diaryl/α,β-unsaturated/α-hetero) is 1. The predicted molar refractivity (Wildman–Crippen MR) is 63.3 cm³/mol. The van der Waals surface area contributed by atoms with E-state index in [9.17, 15) is 14.7 Å². The largest absolute Gasteiger partial charge is 0.469 e. The van der Waals surface area contributed by atoms with Crippen LogP contribution >= 0.6 is 0 Å². The van der Waals surface area contributed by atoms with E-state index in [0.29, 0.717) is 19.3 Å². The summed E-state index contributed by atoms with van der Waals surface area (Å²) in [5.41, 5.74) is 0.718. The van der Waals surface area contributed by atoms with Crippen molar-refractivity contribution in [2.24, 2.45) is 0 Å². The van der Waals surface area contributed by atoms with Gasteiger partial charge in [0.2, 0.25) is 0 Å². The van der Waals surface area contributed by atoms with E-state index in [1.807, 2.05) is 12.2 Å². The summed E-state index contributed by atoms with van der Waals surface area (Å²) >= 11 is 0. The van der Waals surface area contributed by atoms with Gasteiger partial charge in [0.15, 0.2) is 5.78 Å². The molecule has 1 aliphatic rings. The number of carbonyl (C=O) groups excluding carboxylic acids is 2. The van der Waals surface area contributed by atoms with E-state index in [1.165, 1.54) is 7.11 Å². The molecule has 0 spiro atoms. The Morgan fingerprint density at radius 1 is 1.53 bits per heavy atom. The summed E-state index contributed by atoms with van der Waals surface area (Å²) in [5, 5.41) is 9.23. The molecule has 0 aromatic rings. The van der Waals surface area contributed by atoms with Crippen LogP contribution in [0.5, 0.6) is 0 Å². The molecule has 17 heavy (non-hydrogen) atoms. The van der Waals surface area contributed by atoms with Crippen LogP contribution in [0.1, 0.15) is 32.1 Å². The van der Waals surface area contributed by atoms with Crippen molar-refractivity contribution in [2.45, 2.75) is 38.2 Å². The third kappa shape index (κ3) is 4.95. The highest BCUT2D eigenvalue weighted by atomic mass is 16.5. The van der Waals surface area contributed by atoms with Gasteiger partial charge in [-0.1, -0.05) is 12.2 Å². The number of aliphatic hydroxyl groups excluding tert-OH is 1. The Bertz CT molecular complexity index is 341. The average molecular weight is 238 g/mol. The minimum absolute atomic E-state index is 0.0421. The summed E-state index contributed by atoms with van der Waals surface area (Å²) in [4.78, 5) is 22.1. The van der Waals surface area contributed by atoms with Crippen LogP contribution in [0.4, 0.5) is 0 Å². The maximum Gasteiger partial charge on any atom is 0.305 e. The Morgan fingerprint density at radius 2 is 2.24 bits per heavy atom. The van der Waals surface area contributed by atoms with Crippen molar-refractivity contribution in [1.29, 1.82) is 0 Å². The van der Waals surface area contributed by atoms with Gasteiger partial charge < -0.3 is 9.84 Å². The van der Waals surface area contributed by atoms with Crippen LogP contribution in [0.15, 0.2) is 23.8 Å². The van der Waals surface area contributed by atoms with Crippen molar-refractivity contribution in [2.75, 3.05) is 7.11 Å². The topological polar surface area (TPSA) is 63.6 Å². The van der Waals surface area contributed by atoms with E-state index in [2.05, 4.69) is 4.74 Å². The molecular formula is C13H18O4. The Kier molecular flexibility index (Phi) is 5.63. The number of aliphatic hydroxyl groups is 1. The summed E-state index contributed by atoms with van der Waals surface area (Å²) in [7, 11) is 1.37. The zero-order valence-corrected chi connectivity index (χ0v) is 10.0. The molecule has 94 valence electrons. The summed E-state index contributed by atoms with van der Waals surface area (Å²) in [6.07, 6.45) is 7.56. The average Bonchev–Trinajstić information content (AvgIpc) is 2.62. The van der Waals surface area contributed by atoms with E-state index in [4.69, 9.17) is 0 Å². The highest BCUT2D eigenvalue weighted by Crippen LogP contribution is 2.19. The number of hydrogen-bond donors (Lipinski definition) is 1. The molecule has 1 aliphatic carbocycles. The van der Waals surface area contributed by atoms with Crippen molar-refractivity contribution >= 4 is 11.8 Å². The number of methoxy groups -OCH3 is 1. The molecule has 1 atom stereocenters. The second-order valence-corrected chi connectivity index (χ2v) is 4.01. The third-order valence-corrected chi connectivity index (χ3v) is 2.64. The Morgan fingerprint density at radius 3 is 2.82 bits per heavy atom. The third-order valence-electron chi connectivity index (χ3n) is 2.64. The van der Waals surface area contributed by atoms with E-state index in [0.717, 1.165) is 12.0 Å². The summed E-state index contributed by atoms with van der Waals surface area (Å²) in [6.45, 7) is 0. The summed E-state index contributed by atoms with van der Waals surface area (Å²) < 4.78 is 4.51. The number of hydrogen-bond acceptors (Lipinski definition) is 4. The monoisotopic (exact) mass is 238 g/mol. The van der Waals surface area contributed by atoms with Crippen LogP contribution in [-0.4, -0.2) is 30.1 Å². The normalized spacial score (nSPS) is 19.8. The van der Waals surface area contributed by atoms with Crippen molar-refractivity contribution in [3.8, 4) is 0 Å². The second-order valence-electron chi connectivity index (χ2n) is 4.01. The second kappa shape index (κ2) is 7.01. The van der Waals surface area contributed by atoms with Crippen LogP contribution in [0, 0.1) is 0 Å². The van der Waals surface area contributed by atoms with E-state index in [1.54, 1.807) is 6.08 Å². The molecule has 0 aromatic carbocycles. The lowest BCUT2D eigenvalue weighted by molar-refractivity contribution is -0.140. The van der Waals surface area contributed by atoms with Gasteiger partial charge in [0, 0.05) is 12.8 Å². The van der Waals surface area contributed by atoms with Gasteiger partial charge >= 0.3 is 5.97 Å². The lowest BCUT2D eigenvalue weighted by Gasteiger charge is -1.96. The SMILES string of the molecule is COC(=O)CC/C=C\CCC1=C[C@H](O)CC1=O. The maximum atomic E-state index is 11.3. The van der Waals surface area contributed by atoms with Crippen LogP contribution < -0.4 is 0 Å². The minimum Gasteiger partial charge on any atom is -0.469 e. The molecule has 1 rings (SSSR count). The van der Waals surface area contributed by atoms with Gasteiger partial charge in [-0.3, -0.25) is 9.59 Å². The molecule has 0 bridgehead atoms. The highest BCUT2D eigenvalue weighted by molar-refractivity contribution is 5.98. The molecule has 4 nitrogen and oxygen atoms in total. The Balaban J connectivity index is 2.15. The van der Waals surface area contributed by atoms with Crippen molar-refractivity contribution < 1.29 is 19.4 Å². The predicted octanol–water partition coefficient (Wildman–Crippen LogP) is 1.54. The zero-order chi connectivity index (χ0) is 12.7. The van der Waals surface area contributed by atoms with Gasteiger partial charge in [-0.15, -0.1) is 0 Å². The van der Waals surface area contributed by atoms with Gasteiger partial charge in [-0.05, 0) is 30.9 Å². The molecule has 4 heteroatoms. The van der Waals surface area contributed by atoms with Gasteiger partial charge in [-0.25, -0.2) is 0 Å². The minimum atomic E-state index is -0.596. The molecule has 0 radical (unpaired) electrons. The molecule has 0 saturated heterocycles. The molecule has 0 aromatic heterocycles. The quantitative estimate of drug-likeness (QED) is 0.563. The molecule has 0 heterocycles. The molecule has 1 N–H and O–H groups in total. The number of rotatable bonds is 6. The molecular weight excluding hydrogens is 220 g/mol. The first-order valence-corrected chi connectivity index (χ1v) is 5.77. The van der Waals surface area contributed by atoms with Crippen LogP contribution in [0.3, 0.4) is 0 Å². The Hall–Kier alpha value is -1.42. The van der Waals surface area contributed by atoms with Gasteiger partial charge in [0.1, 0.15) is 0 Å². The fourth-order valence-corrected chi connectivity index (χ4v) is 1.71. The maximum absolute atomic E-state index is 11.3. The fourth-order valence-electron chi connectivity index (χ4n) is 1.71. The lowest BCUT2D eigenvalue weighted by atomic mass is 10.1. The molecule has 0 fully saturated rings. The first-order chi connectivity index (χ1) is 8.13. The molecule has 0 unspecified atom stereocenters. The van der Waals surface area contributed by atoms with E-state index >= 15 is 0 Å². The van der Waals surface area contributed by atoms with Crippen LogP contribution in [0.2, 0.25) is 0 Å². The zero-order valence-electron chi connectivity index (χ0n) is 10.0. The van der Waals surface area contributed by atoms with Crippen LogP contribution in [0.25, 0.3) is 0 Å². The number of allylic oxidation sites excluding steroid dienone is 3. The van der Waals surface area contributed by atoms with Crippen molar-refractivity contribution in [1.82, 2.24) is 0 Å². The fraction of sp³-hybridized carbons (Fsp3) is 0.538. The highest BCUT2D eigenvalue weighted by Gasteiger charge is 2.20. The first kappa shape index (κ1) is 13.6. The molecule has 0 aliphatic heterocycles. The van der Waals surface area contributed by atoms with E-state index in [-0.39, 0.29) is 18.2 Å². The van der Waals surface area contributed by atoms with Gasteiger partial charge in [0.25, 0.3) is 0 Å². The number of ketones is 1. The van der Waals surface area contributed by atoms with Crippen molar-refractivity contribution in [3.05, 3.63) is 23.8 Å². The summed E-state index contributed by atoms with van der Waals surface area (Å²) in [6, 6.07) is 0. The standard InChI is InChI=1S/C13H18O4/c1-17-13(16)7-5-3-2-4-6-10-8-11(14)9-12(10)15/h2-3,8,11,14H,4-7,9H2,1H3/b3-2-/t11-/m0/s1. The van der Waals surface area contributed by atoms with Crippen LogP contribution in [-0.2, 0) is 14.3 Å². The first-order valence-electron chi connectivity index (χ1n) is 5.77. The smallest absolute Gasteiger partial charge is 0.305 e. The number of carbonyl (C=O) groups is 2. The lowest BCUT2D eigenvalue weighted by Crippen LogP contribution is -2.01. The molecule has 0 amide bonds. The number of esters is 1. The van der Waals surface area contributed by atoms with E-state index < -0.39 is 6.10 Å².